The first-order valence-electron chi connectivity index (χ1n) is 10.9. The predicted molar refractivity (Wildman–Crippen MR) is 130 cm³/mol. The Balaban J connectivity index is 1.79. The van der Waals surface area contributed by atoms with Gasteiger partial charge in [-0.15, -0.1) is 11.8 Å². The lowest BCUT2D eigenvalue weighted by molar-refractivity contribution is -0.146. The van der Waals surface area contributed by atoms with E-state index in [1.165, 1.54) is 16.7 Å². The number of rotatable bonds is 7. The van der Waals surface area contributed by atoms with Crippen LogP contribution >= 0.6 is 11.8 Å². The minimum Gasteiger partial charge on any atom is -0.381 e. The van der Waals surface area contributed by atoms with E-state index in [4.69, 9.17) is 0 Å². The van der Waals surface area contributed by atoms with Crippen LogP contribution in [0.15, 0.2) is 60.7 Å². The second-order valence-electron chi connectivity index (χ2n) is 9.14. The number of benzene rings is 2. The fourth-order valence-electron chi connectivity index (χ4n) is 3.62. The summed E-state index contributed by atoms with van der Waals surface area (Å²) >= 11 is 1.46. The number of carbonyl (C=O) groups is 3. The van der Waals surface area contributed by atoms with Gasteiger partial charge in [0, 0.05) is 16.9 Å². The fourth-order valence-corrected chi connectivity index (χ4v) is 4.79. The number of amides is 3. The Kier molecular flexibility index (Phi) is 8.15. The van der Waals surface area contributed by atoms with Crippen LogP contribution in [0, 0.1) is 0 Å². The van der Waals surface area contributed by atoms with Crippen molar-refractivity contribution in [3.63, 3.8) is 0 Å². The van der Waals surface area contributed by atoms with Crippen LogP contribution in [0.3, 0.4) is 0 Å². The lowest BCUT2D eigenvalue weighted by atomic mass is 9.99. The molecule has 1 heterocycles. The Morgan fingerprint density at radius 1 is 1.06 bits per heavy atom. The third-order valence-electron chi connectivity index (χ3n) is 5.25. The summed E-state index contributed by atoms with van der Waals surface area (Å²) in [5, 5.41) is 16.8. The van der Waals surface area contributed by atoms with Crippen molar-refractivity contribution >= 4 is 29.5 Å². The number of nitrogens with one attached hydrogen (secondary N) is 2. The van der Waals surface area contributed by atoms with Crippen LogP contribution in [0.25, 0.3) is 0 Å². The maximum absolute atomic E-state index is 13.3. The summed E-state index contributed by atoms with van der Waals surface area (Å²) in [6, 6.07) is 16.5. The average Bonchev–Trinajstić information content (AvgIpc) is 3.28. The summed E-state index contributed by atoms with van der Waals surface area (Å²) in [7, 11) is 0. The van der Waals surface area contributed by atoms with Gasteiger partial charge in [0.05, 0.1) is 11.9 Å². The van der Waals surface area contributed by atoms with Gasteiger partial charge in [-0.1, -0.05) is 48.5 Å². The molecule has 1 saturated heterocycles. The molecule has 1 aliphatic heterocycles. The number of aliphatic hydroxyl groups excluding tert-OH is 1. The van der Waals surface area contributed by atoms with E-state index in [0.29, 0.717) is 17.2 Å². The van der Waals surface area contributed by atoms with Crippen molar-refractivity contribution in [1.29, 1.82) is 0 Å². The highest BCUT2D eigenvalue weighted by molar-refractivity contribution is 7.99. The molecule has 0 saturated carbocycles. The molecule has 176 valence electrons. The first-order valence-corrected chi connectivity index (χ1v) is 12.1. The highest BCUT2D eigenvalue weighted by Crippen LogP contribution is 2.24. The Morgan fingerprint density at radius 2 is 1.67 bits per heavy atom. The second kappa shape index (κ2) is 10.9. The van der Waals surface area contributed by atoms with Crippen LogP contribution in [0.1, 0.15) is 36.7 Å². The van der Waals surface area contributed by atoms with E-state index in [1.54, 1.807) is 24.3 Å². The number of hydrogen-bond donors (Lipinski definition) is 3. The van der Waals surface area contributed by atoms with E-state index in [2.05, 4.69) is 10.6 Å². The van der Waals surface area contributed by atoms with Crippen molar-refractivity contribution in [2.24, 2.45) is 0 Å². The predicted octanol–water partition coefficient (Wildman–Crippen LogP) is 2.20. The van der Waals surface area contributed by atoms with Gasteiger partial charge in [-0.05, 0) is 44.9 Å². The van der Waals surface area contributed by atoms with Gasteiger partial charge >= 0.3 is 0 Å². The van der Waals surface area contributed by atoms with Gasteiger partial charge in [-0.25, -0.2) is 0 Å². The maximum atomic E-state index is 13.3. The van der Waals surface area contributed by atoms with E-state index >= 15 is 0 Å². The normalized spacial score (nSPS) is 17.8. The van der Waals surface area contributed by atoms with Gasteiger partial charge in [-0.2, -0.15) is 0 Å². The third kappa shape index (κ3) is 6.82. The number of aliphatic hydroxyl groups is 1. The van der Waals surface area contributed by atoms with E-state index < -0.39 is 29.6 Å². The van der Waals surface area contributed by atoms with Gasteiger partial charge in [-0.3, -0.25) is 14.4 Å². The first-order chi connectivity index (χ1) is 15.7. The molecule has 1 unspecified atom stereocenters. The van der Waals surface area contributed by atoms with Crippen LogP contribution < -0.4 is 10.6 Å². The standard InChI is InChI=1S/C25H31N3O4S/c1-25(2,3)27-23(31)20-15-33-16-28(20)24(32)21(29)19(14-17-10-6-4-7-11-17)26-22(30)18-12-8-5-9-13-18/h4-13,19-21,29H,14-16H2,1-3H3,(H,26,30)(H,27,31)/t19-,20?,21-/m0/s1. The largest absolute Gasteiger partial charge is 0.381 e. The zero-order valence-electron chi connectivity index (χ0n) is 19.2. The Morgan fingerprint density at radius 3 is 2.27 bits per heavy atom. The first kappa shape index (κ1) is 24.8. The summed E-state index contributed by atoms with van der Waals surface area (Å²) in [6.07, 6.45) is -1.23. The second-order valence-corrected chi connectivity index (χ2v) is 10.1. The lowest BCUT2D eigenvalue weighted by Gasteiger charge is -2.31. The fraction of sp³-hybridized carbons (Fsp3) is 0.400. The number of hydrogen-bond acceptors (Lipinski definition) is 5. The van der Waals surface area contributed by atoms with E-state index in [-0.39, 0.29) is 18.2 Å². The summed E-state index contributed by atoms with van der Waals surface area (Å²) in [5.41, 5.74) is 0.881. The molecule has 0 spiro atoms. The molecular formula is C25H31N3O4S. The molecule has 33 heavy (non-hydrogen) atoms. The van der Waals surface area contributed by atoms with Crippen LogP contribution in [0.2, 0.25) is 0 Å². The third-order valence-corrected chi connectivity index (χ3v) is 6.26. The zero-order valence-corrected chi connectivity index (χ0v) is 20.0. The van der Waals surface area contributed by atoms with Gasteiger partial charge in [0.15, 0.2) is 6.10 Å². The monoisotopic (exact) mass is 469 g/mol. The highest BCUT2D eigenvalue weighted by Gasteiger charge is 2.40. The molecule has 0 bridgehead atoms. The molecule has 2 aromatic carbocycles. The van der Waals surface area contributed by atoms with Crippen molar-refractivity contribution in [2.45, 2.75) is 50.9 Å². The summed E-state index contributed by atoms with van der Waals surface area (Å²) < 4.78 is 0. The molecule has 7 nitrogen and oxygen atoms in total. The molecule has 3 atom stereocenters. The summed E-state index contributed by atoms with van der Waals surface area (Å²) in [5.74, 6) is -0.423. The van der Waals surface area contributed by atoms with Crippen molar-refractivity contribution in [2.75, 3.05) is 11.6 Å². The van der Waals surface area contributed by atoms with Gasteiger partial charge in [0.2, 0.25) is 5.91 Å². The van der Waals surface area contributed by atoms with Crippen LogP contribution in [0.4, 0.5) is 0 Å². The van der Waals surface area contributed by atoms with Crippen LogP contribution in [0.5, 0.6) is 0 Å². The SMILES string of the molecule is CC(C)(C)NC(=O)C1CSCN1C(=O)[C@@H](O)[C@H](Cc1ccccc1)NC(=O)c1ccccc1. The van der Waals surface area contributed by atoms with Gasteiger partial charge < -0.3 is 20.6 Å². The van der Waals surface area contributed by atoms with Crippen molar-refractivity contribution < 1.29 is 19.5 Å². The van der Waals surface area contributed by atoms with Crippen molar-refractivity contribution in [1.82, 2.24) is 15.5 Å². The Labute approximate surface area is 198 Å². The van der Waals surface area contributed by atoms with Gasteiger partial charge in [0.1, 0.15) is 6.04 Å². The highest BCUT2D eigenvalue weighted by atomic mass is 32.2. The average molecular weight is 470 g/mol. The molecular weight excluding hydrogens is 438 g/mol. The molecule has 0 aromatic heterocycles. The molecule has 2 aromatic rings. The molecule has 0 radical (unpaired) electrons. The Bertz CT molecular complexity index is 963. The molecule has 3 amide bonds. The van der Waals surface area contributed by atoms with E-state index in [0.717, 1.165) is 5.56 Å². The van der Waals surface area contributed by atoms with Crippen LogP contribution in [-0.2, 0) is 16.0 Å². The smallest absolute Gasteiger partial charge is 0.254 e. The minimum absolute atomic E-state index is 0.249. The maximum Gasteiger partial charge on any atom is 0.254 e. The van der Waals surface area contributed by atoms with Gasteiger partial charge in [0.25, 0.3) is 11.8 Å². The minimum atomic E-state index is -1.50. The lowest BCUT2D eigenvalue weighted by Crippen LogP contribution is -2.57. The molecule has 3 rings (SSSR count). The number of carbonyl (C=O) groups excluding carboxylic acids is 3. The molecule has 0 aliphatic carbocycles. The molecule has 3 N–H and O–H groups in total. The summed E-state index contributed by atoms with van der Waals surface area (Å²) in [6.45, 7) is 5.63. The number of thioether (sulfide) groups is 1. The summed E-state index contributed by atoms with van der Waals surface area (Å²) in [4.78, 5) is 40.3. The molecule has 1 aliphatic rings. The Hall–Kier alpha value is -2.84. The zero-order chi connectivity index (χ0) is 24.0. The molecule has 8 heteroatoms. The van der Waals surface area contributed by atoms with Crippen LogP contribution in [-0.4, -0.2) is 63.1 Å². The van der Waals surface area contributed by atoms with Crippen molar-refractivity contribution in [3.8, 4) is 0 Å². The van der Waals surface area contributed by atoms with Crippen molar-refractivity contribution in [3.05, 3.63) is 71.8 Å². The number of nitrogens with zero attached hydrogens (tertiary/aromatic N) is 1. The quantitative estimate of drug-likeness (QED) is 0.578. The topological polar surface area (TPSA) is 98.7 Å². The van der Waals surface area contributed by atoms with E-state index in [9.17, 15) is 19.5 Å². The molecule has 1 fully saturated rings. The van der Waals surface area contributed by atoms with E-state index in [1.807, 2.05) is 57.2 Å².